The molecule has 10 heteroatoms. The molecule has 10 nitrogen and oxygen atoms in total. The Morgan fingerprint density at radius 1 is 1.14 bits per heavy atom. The van der Waals surface area contributed by atoms with Crippen LogP contribution in [0.15, 0.2) is 40.9 Å². The number of esters is 1. The van der Waals surface area contributed by atoms with Crippen LogP contribution < -0.4 is 0 Å². The molecule has 1 aromatic rings. The summed E-state index contributed by atoms with van der Waals surface area (Å²) in [6, 6.07) is 3.28. The van der Waals surface area contributed by atoms with Crippen LogP contribution in [0.3, 0.4) is 0 Å². The molecule has 1 aromatic carbocycles. The van der Waals surface area contributed by atoms with Crippen molar-refractivity contribution < 1.29 is 44.3 Å². The predicted octanol–water partition coefficient (Wildman–Crippen LogP) is 2.11. The number of benzene rings is 1. The van der Waals surface area contributed by atoms with E-state index < -0.39 is 75.9 Å². The first kappa shape index (κ1) is 26.6. The van der Waals surface area contributed by atoms with Gasteiger partial charge in [0.25, 0.3) is 0 Å². The minimum atomic E-state index is -2.86. The normalized spacial score (nSPS) is 31.2. The van der Waals surface area contributed by atoms with E-state index in [4.69, 9.17) is 4.74 Å². The van der Waals surface area contributed by atoms with E-state index in [2.05, 4.69) is 0 Å². The summed E-state index contributed by atoms with van der Waals surface area (Å²) in [6.07, 6.45) is -0.892. The predicted molar refractivity (Wildman–Crippen MR) is 130 cm³/mol. The van der Waals surface area contributed by atoms with Gasteiger partial charge in [0, 0.05) is 17.9 Å². The molecule has 0 aromatic heterocycles. The molecule has 0 amide bonds. The maximum absolute atomic E-state index is 13.7. The number of phenols is 1. The number of carbonyl (C=O) groups is 4. The van der Waals surface area contributed by atoms with Crippen molar-refractivity contribution in [1.82, 2.24) is 4.90 Å². The van der Waals surface area contributed by atoms with E-state index in [0.717, 1.165) is 6.92 Å². The molecule has 198 valence electrons. The van der Waals surface area contributed by atoms with Crippen LogP contribution in [0.5, 0.6) is 5.75 Å². The van der Waals surface area contributed by atoms with Crippen molar-refractivity contribution >= 4 is 23.3 Å². The van der Waals surface area contributed by atoms with E-state index in [1.165, 1.54) is 11.0 Å². The molecular weight excluding hydrogens is 482 g/mol. The van der Waals surface area contributed by atoms with E-state index in [9.17, 15) is 39.6 Å². The van der Waals surface area contributed by atoms with Crippen molar-refractivity contribution in [2.24, 2.45) is 11.8 Å². The Labute approximate surface area is 213 Å². The number of nitrogens with zero attached hydrogens (tertiary/aromatic N) is 1. The van der Waals surface area contributed by atoms with Gasteiger partial charge in [-0.25, -0.2) is 0 Å². The largest absolute Gasteiger partial charge is 0.510 e. The van der Waals surface area contributed by atoms with Gasteiger partial charge in [0.2, 0.25) is 5.78 Å². The third-order valence-corrected chi connectivity index (χ3v) is 7.80. The van der Waals surface area contributed by atoms with Gasteiger partial charge in [-0.05, 0) is 45.0 Å². The highest BCUT2D eigenvalue weighted by atomic mass is 16.5. The Morgan fingerprint density at radius 2 is 1.78 bits per heavy atom. The quantitative estimate of drug-likeness (QED) is 0.339. The van der Waals surface area contributed by atoms with Crippen LogP contribution >= 0.6 is 0 Å². The number of phenolic OH excluding ortho intramolecular Hbond substituents is 1. The zero-order valence-electron chi connectivity index (χ0n) is 21.3. The molecule has 0 saturated heterocycles. The van der Waals surface area contributed by atoms with Crippen molar-refractivity contribution in [3.8, 4) is 5.75 Å². The maximum Gasteiger partial charge on any atom is 0.306 e. The highest BCUT2D eigenvalue weighted by Crippen LogP contribution is 2.56. The number of fused-ring (bicyclic) bond motifs is 3. The second-order valence-corrected chi connectivity index (χ2v) is 10.2. The van der Waals surface area contributed by atoms with Crippen molar-refractivity contribution in [2.75, 3.05) is 14.1 Å². The SMILES string of the molecule is CCCC(=O)O[C@H]1[C@H]2C(=C(O)[C@]3(O)C(=O)C(C(C)=O)=C(O)[C@@H](N(C)C)[C@H]13)C(=O)c1c(O)cccc1[C@@H]2C. The van der Waals surface area contributed by atoms with Gasteiger partial charge in [-0.2, -0.15) is 0 Å². The second kappa shape index (κ2) is 9.11. The lowest BCUT2D eigenvalue weighted by Gasteiger charge is -2.54. The van der Waals surface area contributed by atoms with Gasteiger partial charge in [-0.15, -0.1) is 0 Å². The molecule has 0 saturated carbocycles. The molecule has 0 fully saturated rings. The number of ether oxygens (including phenoxy) is 1. The fourth-order valence-electron chi connectivity index (χ4n) is 6.21. The topological polar surface area (TPSA) is 162 Å². The molecule has 0 spiro atoms. The number of hydrogen-bond donors (Lipinski definition) is 4. The minimum Gasteiger partial charge on any atom is -0.510 e. The lowest BCUT2D eigenvalue weighted by Crippen LogP contribution is -2.68. The number of Topliss-reactive ketones (excluding diaryl/α,β-unsaturated/α-hetero) is 3. The van der Waals surface area contributed by atoms with Crippen molar-refractivity contribution in [2.45, 2.75) is 57.3 Å². The van der Waals surface area contributed by atoms with E-state index in [1.807, 2.05) is 0 Å². The van der Waals surface area contributed by atoms with Gasteiger partial charge in [-0.3, -0.25) is 24.1 Å². The van der Waals surface area contributed by atoms with Crippen LogP contribution in [0.25, 0.3) is 0 Å². The summed E-state index contributed by atoms with van der Waals surface area (Å²) in [6.45, 7) is 4.53. The van der Waals surface area contributed by atoms with E-state index >= 15 is 0 Å². The Balaban J connectivity index is 2.09. The molecule has 4 N–H and O–H groups in total. The molecule has 0 aliphatic heterocycles. The van der Waals surface area contributed by atoms with Crippen LogP contribution in [-0.2, 0) is 19.1 Å². The summed E-state index contributed by atoms with van der Waals surface area (Å²) in [5.41, 5.74) is -3.58. The number of hydrogen-bond acceptors (Lipinski definition) is 10. The van der Waals surface area contributed by atoms with Gasteiger partial charge >= 0.3 is 5.97 Å². The maximum atomic E-state index is 13.7. The molecule has 0 heterocycles. The van der Waals surface area contributed by atoms with Crippen LogP contribution in [0.1, 0.15) is 55.5 Å². The fraction of sp³-hybridized carbons (Fsp3) is 0.481. The first-order chi connectivity index (χ1) is 17.3. The minimum absolute atomic E-state index is 0.0141. The molecule has 4 rings (SSSR count). The Morgan fingerprint density at radius 3 is 2.35 bits per heavy atom. The van der Waals surface area contributed by atoms with Gasteiger partial charge < -0.3 is 25.2 Å². The summed E-state index contributed by atoms with van der Waals surface area (Å²) in [5, 5.41) is 45.1. The summed E-state index contributed by atoms with van der Waals surface area (Å²) >= 11 is 0. The van der Waals surface area contributed by atoms with Crippen LogP contribution in [0.2, 0.25) is 0 Å². The van der Waals surface area contributed by atoms with Gasteiger partial charge in [-0.1, -0.05) is 26.0 Å². The zero-order chi connectivity index (χ0) is 27.6. The standard InChI is InChI=1S/C27H31NO9/c1-6-8-15(31)37-24-16-11(2)13-9-7-10-14(30)18(13)22(32)19(16)26(35)27(36)20(24)21(28(4)5)23(33)17(12(3)29)25(27)34/h7,9-11,16,20-21,24,30,33,35-36H,6,8H2,1-5H3/t11-,16+,20+,21-,24-,27+/m0/s1. The first-order valence-electron chi connectivity index (χ1n) is 12.2. The van der Waals surface area contributed by atoms with Crippen LogP contribution in [0.4, 0.5) is 0 Å². The Kier molecular flexibility index (Phi) is 6.54. The molecule has 3 aliphatic rings. The number of aromatic hydroxyl groups is 1. The highest BCUT2D eigenvalue weighted by molar-refractivity contribution is 6.25. The smallest absolute Gasteiger partial charge is 0.306 e. The third-order valence-electron chi connectivity index (χ3n) is 7.80. The average Bonchev–Trinajstić information content (AvgIpc) is 2.80. The number of ketones is 3. The van der Waals surface area contributed by atoms with E-state index in [1.54, 1.807) is 40.1 Å². The number of aliphatic hydroxyl groups is 3. The molecular formula is C27H31NO9. The summed E-state index contributed by atoms with van der Waals surface area (Å²) < 4.78 is 5.86. The number of rotatable bonds is 5. The lowest BCUT2D eigenvalue weighted by atomic mass is 9.55. The van der Waals surface area contributed by atoms with E-state index in [-0.39, 0.29) is 23.3 Å². The molecule has 0 unspecified atom stereocenters. The second-order valence-electron chi connectivity index (χ2n) is 10.2. The summed E-state index contributed by atoms with van der Waals surface area (Å²) in [7, 11) is 3.08. The monoisotopic (exact) mass is 513 g/mol. The van der Waals surface area contributed by atoms with E-state index in [0.29, 0.717) is 12.0 Å². The molecule has 3 aliphatic carbocycles. The summed E-state index contributed by atoms with van der Waals surface area (Å²) in [5.74, 6) is -8.62. The lowest BCUT2D eigenvalue weighted by molar-refractivity contribution is -0.181. The highest BCUT2D eigenvalue weighted by Gasteiger charge is 2.68. The molecule has 0 radical (unpaired) electrons. The number of aliphatic hydroxyl groups excluding tert-OH is 2. The van der Waals surface area contributed by atoms with Gasteiger partial charge in [0.15, 0.2) is 17.2 Å². The van der Waals surface area contributed by atoms with Crippen molar-refractivity contribution in [3.63, 3.8) is 0 Å². The third kappa shape index (κ3) is 3.61. The Bertz CT molecular complexity index is 1280. The van der Waals surface area contributed by atoms with Crippen LogP contribution in [-0.4, -0.2) is 80.5 Å². The number of likely N-dealkylation sites (N-methyl/N-ethyl adjacent to an activating group) is 1. The zero-order valence-corrected chi connectivity index (χ0v) is 21.3. The first-order valence-corrected chi connectivity index (χ1v) is 12.2. The molecule has 0 bridgehead atoms. The van der Waals surface area contributed by atoms with Gasteiger partial charge in [0.05, 0.1) is 17.5 Å². The van der Waals surface area contributed by atoms with Crippen molar-refractivity contribution in [1.29, 1.82) is 0 Å². The van der Waals surface area contributed by atoms with Gasteiger partial charge in [0.1, 0.15) is 28.9 Å². The number of carbonyl (C=O) groups excluding carboxylic acids is 4. The Hall–Kier alpha value is -3.50. The molecule has 37 heavy (non-hydrogen) atoms. The van der Waals surface area contributed by atoms with Crippen LogP contribution in [0, 0.1) is 11.8 Å². The summed E-state index contributed by atoms with van der Waals surface area (Å²) in [4.78, 5) is 54.0. The molecule has 6 atom stereocenters. The average molecular weight is 514 g/mol. The van der Waals surface area contributed by atoms with Crippen molar-refractivity contribution in [3.05, 3.63) is 52.0 Å². The fourth-order valence-corrected chi connectivity index (χ4v) is 6.21.